The van der Waals surface area contributed by atoms with Crippen LogP contribution in [0.25, 0.3) is 11.4 Å². The Kier molecular flexibility index (Phi) is 5.97. The van der Waals surface area contributed by atoms with Crippen LogP contribution in [-0.4, -0.2) is 47.3 Å². The monoisotopic (exact) mass is 405 g/mol. The Hall–Kier alpha value is -2.96. The van der Waals surface area contributed by atoms with Gasteiger partial charge in [0.05, 0.1) is 19.8 Å². The second-order valence-electron chi connectivity index (χ2n) is 7.65. The normalized spacial score (nSPS) is 16.2. The van der Waals surface area contributed by atoms with Crippen LogP contribution in [0, 0.1) is 0 Å². The number of rotatable bonds is 6. The smallest absolute Gasteiger partial charge is 0.159 e. The number of aromatic nitrogens is 2. The van der Waals surface area contributed by atoms with E-state index in [4.69, 9.17) is 9.47 Å². The number of nitrogens with zero attached hydrogens (tertiary/aromatic N) is 3. The summed E-state index contributed by atoms with van der Waals surface area (Å²) in [5.74, 6) is 2.26. The average molecular weight is 405 g/mol. The summed E-state index contributed by atoms with van der Waals surface area (Å²) >= 11 is 0. The topological polar surface area (TPSA) is 67.7 Å². The first-order valence-electron chi connectivity index (χ1n) is 10.1. The number of para-hydroxylation sites is 1. The summed E-state index contributed by atoms with van der Waals surface area (Å²) in [6.07, 6.45) is 5.09. The third kappa shape index (κ3) is 4.30. The molecular weight excluding hydrogens is 378 g/mol. The predicted molar refractivity (Wildman–Crippen MR) is 115 cm³/mol. The van der Waals surface area contributed by atoms with Gasteiger partial charge in [-0.25, -0.2) is 9.97 Å². The molecule has 30 heavy (non-hydrogen) atoms. The lowest BCUT2D eigenvalue weighted by Crippen LogP contribution is -2.42. The van der Waals surface area contributed by atoms with Gasteiger partial charge >= 0.3 is 0 Å². The first-order chi connectivity index (χ1) is 14.6. The van der Waals surface area contributed by atoms with E-state index in [1.807, 2.05) is 60.9 Å². The number of aliphatic hydroxyl groups is 1. The highest BCUT2D eigenvalue weighted by atomic mass is 16.5. The fraction of sp³-hybridized carbons (Fsp3) is 0.333. The Labute approximate surface area is 177 Å². The van der Waals surface area contributed by atoms with Crippen molar-refractivity contribution in [3.8, 4) is 22.9 Å². The summed E-state index contributed by atoms with van der Waals surface area (Å²) < 4.78 is 10.6. The molecule has 3 aromatic rings. The summed E-state index contributed by atoms with van der Waals surface area (Å²) in [6, 6.07) is 15.5. The lowest BCUT2D eigenvalue weighted by molar-refractivity contribution is -0.0292. The molecule has 0 aliphatic carbocycles. The molecule has 6 heteroatoms. The largest absolute Gasteiger partial charge is 0.497 e. The molecule has 0 bridgehead atoms. The van der Waals surface area contributed by atoms with Gasteiger partial charge in [-0.15, -0.1) is 0 Å². The Bertz CT molecular complexity index is 966. The van der Waals surface area contributed by atoms with Crippen molar-refractivity contribution in [2.45, 2.75) is 25.0 Å². The van der Waals surface area contributed by atoms with E-state index in [1.54, 1.807) is 14.2 Å². The van der Waals surface area contributed by atoms with Gasteiger partial charge in [-0.3, -0.25) is 4.90 Å². The minimum Gasteiger partial charge on any atom is -0.497 e. The van der Waals surface area contributed by atoms with Crippen LogP contribution in [0.4, 0.5) is 0 Å². The Morgan fingerprint density at radius 3 is 2.23 bits per heavy atom. The van der Waals surface area contributed by atoms with Crippen molar-refractivity contribution >= 4 is 0 Å². The SMILES string of the molecule is COc1ccc(-c2ncc(CN3CCC(O)(c4ccccc4OC)CC3)cn2)cc1. The summed E-state index contributed by atoms with van der Waals surface area (Å²) in [6.45, 7) is 2.37. The van der Waals surface area contributed by atoms with E-state index in [-0.39, 0.29) is 0 Å². The molecule has 1 aromatic heterocycles. The van der Waals surface area contributed by atoms with Crippen molar-refractivity contribution in [3.05, 3.63) is 72.1 Å². The van der Waals surface area contributed by atoms with Crippen LogP contribution in [0.2, 0.25) is 0 Å². The standard InChI is InChI=1S/C24H27N3O3/c1-29-20-9-7-19(8-10-20)23-25-15-18(16-26-23)17-27-13-11-24(28,12-14-27)21-5-3-4-6-22(21)30-2/h3-10,15-16,28H,11-14,17H2,1-2H3. The quantitative estimate of drug-likeness (QED) is 0.675. The lowest BCUT2D eigenvalue weighted by atomic mass is 9.84. The molecule has 6 nitrogen and oxygen atoms in total. The van der Waals surface area contributed by atoms with Crippen LogP contribution in [0.1, 0.15) is 24.0 Å². The van der Waals surface area contributed by atoms with Gasteiger partial charge in [0.2, 0.25) is 0 Å². The number of piperidine rings is 1. The number of methoxy groups -OCH3 is 2. The zero-order chi connectivity index (χ0) is 21.0. The van der Waals surface area contributed by atoms with Crippen LogP contribution in [0.3, 0.4) is 0 Å². The molecule has 0 spiro atoms. The Balaban J connectivity index is 1.38. The second kappa shape index (κ2) is 8.81. The minimum absolute atomic E-state index is 0.665. The van der Waals surface area contributed by atoms with Gasteiger partial charge in [0, 0.05) is 48.7 Å². The average Bonchev–Trinajstić information content (AvgIpc) is 2.81. The zero-order valence-electron chi connectivity index (χ0n) is 17.4. The van der Waals surface area contributed by atoms with E-state index in [2.05, 4.69) is 14.9 Å². The fourth-order valence-corrected chi connectivity index (χ4v) is 3.96. The van der Waals surface area contributed by atoms with Crippen molar-refractivity contribution in [3.63, 3.8) is 0 Å². The molecule has 1 N–H and O–H groups in total. The van der Waals surface area contributed by atoms with Crippen molar-refractivity contribution < 1.29 is 14.6 Å². The molecule has 0 amide bonds. The van der Waals surface area contributed by atoms with Crippen LogP contribution in [-0.2, 0) is 12.1 Å². The molecule has 1 aliphatic heterocycles. The lowest BCUT2D eigenvalue weighted by Gasteiger charge is -2.39. The molecule has 4 rings (SSSR count). The number of likely N-dealkylation sites (tertiary alicyclic amines) is 1. The first-order valence-corrected chi connectivity index (χ1v) is 10.1. The highest BCUT2D eigenvalue weighted by Gasteiger charge is 2.36. The Morgan fingerprint density at radius 1 is 0.933 bits per heavy atom. The third-order valence-corrected chi connectivity index (χ3v) is 5.75. The molecule has 2 aromatic carbocycles. The summed E-state index contributed by atoms with van der Waals surface area (Å²) in [5, 5.41) is 11.2. The van der Waals surface area contributed by atoms with Crippen molar-refractivity contribution in [1.29, 1.82) is 0 Å². The highest BCUT2D eigenvalue weighted by Crippen LogP contribution is 2.38. The molecule has 0 atom stereocenters. The molecular formula is C24H27N3O3. The zero-order valence-corrected chi connectivity index (χ0v) is 17.4. The summed E-state index contributed by atoms with van der Waals surface area (Å²) in [4.78, 5) is 11.4. The molecule has 156 valence electrons. The van der Waals surface area contributed by atoms with E-state index in [9.17, 15) is 5.11 Å². The van der Waals surface area contributed by atoms with Crippen LogP contribution in [0.15, 0.2) is 60.9 Å². The number of hydrogen-bond acceptors (Lipinski definition) is 6. The van der Waals surface area contributed by atoms with E-state index in [1.165, 1.54) is 0 Å². The van der Waals surface area contributed by atoms with Crippen molar-refractivity contribution in [2.75, 3.05) is 27.3 Å². The summed E-state index contributed by atoms with van der Waals surface area (Å²) in [5.41, 5.74) is 2.05. The van der Waals surface area contributed by atoms with Crippen molar-refractivity contribution in [1.82, 2.24) is 14.9 Å². The van der Waals surface area contributed by atoms with Gasteiger partial charge in [0.1, 0.15) is 11.5 Å². The van der Waals surface area contributed by atoms with E-state index >= 15 is 0 Å². The van der Waals surface area contributed by atoms with E-state index in [0.29, 0.717) is 18.7 Å². The third-order valence-electron chi connectivity index (χ3n) is 5.75. The van der Waals surface area contributed by atoms with Crippen molar-refractivity contribution in [2.24, 2.45) is 0 Å². The predicted octanol–water partition coefficient (Wildman–Crippen LogP) is 3.64. The van der Waals surface area contributed by atoms with Crippen LogP contribution < -0.4 is 9.47 Å². The molecule has 0 unspecified atom stereocenters. The highest BCUT2D eigenvalue weighted by molar-refractivity contribution is 5.55. The first kappa shape index (κ1) is 20.3. The number of ether oxygens (including phenoxy) is 2. The molecule has 0 saturated carbocycles. The second-order valence-corrected chi connectivity index (χ2v) is 7.65. The van der Waals surface area contributed by atoms with Crippen LogP contribution >= 0.6 is 0 Å². The maximum atomic E-state index is 11.2. The van der Waals surface area contributed by atoms with Gasteiger partial charge in [-0.05, 0) is 43.2 Å². The van der Waals surface area contributed by atoms with Gasteiger partial charge < -0.3 is 14.6 Å². The maximum absolute atomic E-state index is 11.2. The molecule has 1 fully saturated rings. The number of hydrogen-bond donors (Lipinski definition) is 1. The van der Waals surface area contributed by atoms with Gasteiger partial charge in [0.15, 0.2) is 5.82 Å². The van der Waals surface area contributed by atoms with Crippen LogP contribution in [0.5, 0.6) is 11.5 Å². The fourth-order valence-electron chi connectivity index (χ4n) is 3.96. The van der Waals surface area contributed by atoms with E-state index in [0.717, 1.165) is 47.8 Å². The maximum Gasteiger partial charge on any atom is 0.159 e. The molecule has 2 heterocycles. The molecule has 1 saturated heterocycles. The molecule has 1 aliphatic rings. The Morgan fingerprint density at radius 2 is 1.60 bits per heavy atom. The minimum atomic E-state index is -0.849. The van der Waals surface area contributed by atoms with Gasteiger partial charge in [-0.2, -0.15) is 0 Å². The number of benzene rings is 2. The molecule has 0 radical (unpaired) electrons. The summed E-state index contributed by atoms with van der Waals surface area (Å²) in [7, 11) is 3.30. The van der Waals surface area contributed by atoms with Gasteiger partial charge in [-0.1, -0.05) is 18.2 Å². The van der Waals surface area contributed by atoms with Gasteiger partial charge in [0.25, 0.3) is 0 Å². The van der Waals surface area contributed by atoms with E-state index < -0.39 is 5.60 Å².